The largest absolute Gasteiger partial charge is 0.383 e. The van der Waals surface area contributed by atoms with Crippen molar-refractivity contribution in [2.45, 2.75) is 11.7 Å². The molecule has 0 amide bonds. The lowest BCUT2D eigenvalue weighted by Crippen LogP contribution is -2.20. The van der Waals surface area contributed by atoms with Gasteiger partial charge in [-0.3, -0.25) is 4.57 Å². The number of ether oxygens (including phenoxy) is 1. The molecule has 0 atom stereocenters. The molecule has 1 aromatic carbocycles. The van der Waals surface area contributed by atoms with Crippen LogP contribution in [0.15, 0.2) is 29.4 Å². The monoisotopic (exact) mass is 307 g/mol. The third-order valence-corrected chi connectivity index (χ3v) is 3.57. The number of nitrogens with two attached hydrogens (primary N) is 1. The molecule has 0 unspecified atom stereocenters. The Morgan fingerprint density at radius 3 is 2.52 bits per heavy atom. The van der Waals surface area contributed by atoms with Crippen LogP contribution in [-0.2, 0) is 21.3 Å². The van der Waals surface area contributed by atoms with Gasteiger partial charge in [0.15, 0.2) is 5.82 Å². The highest BCUT2D eigenvalue weighted by atomic mass is 32.2. The average molecular weight is 307 g/mol. The Hall–Kier alpha value is -2.28. The minimum absolute atomic E-state index is 0.241. The maximum Gasteiger partial charge on any atom is 0.273 e. The van der Waals surface area contributed by atoms with E-state index in [0.29, 0.717) is 17.0 Å². The summed E-state index contributed by atoms with van der Waals surface area (Å²) in [7, 11) is -2.48. The van der Waals surface area contributed by atoms with Crippen molar-refractivity contribution >= 4 is 10.0 Å². The Kier molecular flexibility index (Phi) is 4.32. The van der Waals surface area contributed by atoms with E-state index in [4.69, 9.17) is 15.1 Å². The minimum atomic E-state index is -3.98. The lowest BCUT2D eigenvalue weighted by molar-refractivity contribution is 0.185. The van der Waals surface area contributed by atoms with Crippen molar-refractivity contribution in [2.24, 2.45) is 5.14 Å². The fourth-order valence-electron chi connectivity index (χ4n) is 1.79. The SMILES string of the molecule is COCCn1c(-c2ccc(C#N)cc2)nnc1S(N)(=O)=O. The summed E-state index contributed by atoms with van der Waals surface area (Å²) in [5, 5.41) is 21.1. The van der Waals surface area contributed by atoms with Crippen molar-refractivity contribution in [2.75, 3.05) is 13.7 Å². The second kappa shape index (κ2) is 6.01. The molecular weight excluding hydrogens is 294 g/mol. The first kappa shape index (κ1) is 15.1. The maximum absolute atomic E-state index is 11.5. The number of hydrogen-bond acceptors (Lipinski definition) is 6. The predicted molar refractivity (Wildman–Crippen MR) is 73.4 cm³/mol. The van der Waals surface area contributed by atoms with Crippen LogP contribution < -0.4 is 5.14 Å². The zero-order valence-electron chi connectivity index (χ0n) is 11.2. The van der Waals surface area contributed by atoms with Gasteiger partial charge in [-0.25, -0.2) is 13.6 Å². The van der Waals surface area contributed by atoms with Gasteiger partial charge >= 0.3 is 0 Å². The molecule has 1 heterocycles. The molecule has 8 nitrogen and oxygen atoms in total. The summed E-state index contributed by atoms with van der Waals surface area (Å²) in [4.78, 5) is 0. The molecule has 2 rings (SSSR count). The number of hydrogen-bond donors (Lipinski definition) is 1. The van der Waals surface area contributed by atoms with Crippen molar-refractivity contribution < 1.29 is 13.2 Å². The molecule has 2 aromatic rings. The van der Waals surface area contributed by atoms with Gasteiger partial charge < -0.3 is 4.74 Å². The van der Waals surface area contributed by atoms with Crippen molar-refractivity contribution in [3.8, 4) is 17.5 Å². The summed E-state index contributed by atoms with van der Waals surface area (Å²) >= 11 is 0. The van der Waals surface area contributed by atoms with Gasteiger partial charge in [0, 0.05) is 12.7 Å². The third kappa shape index (κ3) is 3.25. The topological polar surface area (TPSA) is 124 Å². The zero-order valence-corrected chi connectivity index (χ0v) is 12.0. The Morgan fingerprint density at radius 1 is 1.33 bits per heavy atom. The van der Waals surface area contributed by atoms with Crippen molar-refractivity contribution in [3.63, 3.8) is 0 Å². The zero-order chi connectivity index (χ0) is 15.5. The van der Waals surface area contributed by atoms with Crippen LogP contribution in [0.1, 0.15) is 5.56 Å². The molecule has 110 valence electrons. The van der Waals surface area contributed by atoms with Gasteiger partial charge in [-0.2, -0.15) is 5.26 Å². The van der Waals surface area contributed by atoms with Crippen LogP contribution >= 0.6 is 0 Å². The van der Waals surface area contributed by atoms with E-state index in [1.165, 1.54) is 11.7 Å². The summed E-state index contributed by atoms with van der Waals surface area (Å²) in [6.07, 6.45) is 0. The fourth-order valence-corrected chi connectivity index (χ4v) is 2.43. The van der Waals surface area contributed by atoms with E-state index >= 15 is 0 Å². The van der Waals surface area contributed by atoms with Gasteiger partial charge in [-0.15, -0.1) is 10.2 Å². The fraction of sp³-hybridized carbons (Fsp3) is 0.250. The number of aromatic nitrogens is 3. The van der Waals surface area contributed by atoms with Crippen LogP contribution in [0.3, 0.4) is 0 Å². The van der Waals surface area contributed by atoms with E-state index in [1.807, 2.05) is 6.07 Å². The Morgan fingerprint density at radius 2 is 2.00 bits per heavy atom. The quantitative estimate of drug-likeness (QED) is 0.836. The highest BCUT2D eigenvalue weighted by molar-refractivity contribution is 7.89. The molecule has 0 bridgehead atoms. The number of rotatable bonds is 5. The van der Waals surface area contributed by atoms with E-state index in [0.717, 1.165) is 0 Å². The number of sulfonamides is 1. The summed E-state index contributed by atoms with van der Waals surface area (Å²) in [5.41, 5.74) is 1.13. The summed E-state index contributed by atoms with van der Waals surface area (Å²) in [5.74, 6) is 0.348. The van der Waals surface area contributed by atoms with Crippen LogP contribution in [-0.4, -0.2) is 36.9 Å². The van der Waals surface area contributed by atoms with Gasteiger partial charge in [0.2, 0.25) is 0 Å². The third-order valence-electron chi connectivity index (χ3n) is 2.76. The predicted octanol–water partition coefficient (Wildman–Crippen LogP) is 0.111. The smallest absolute Gasteiger partial charge is 0.273 e. The van der Waals surface area contributed by atoms with Gasteiger partial charge in [-0.1, -0.05) is 0 Å². The Bertz CT molecular complexity index is 774. The van der Waals surface area contributed by atoms with E-state index in [1.54, 1.807) is 24.3 Å². The molecule has 0 fully saturated rings. The highest BCUT2D eigenvalue weighted by Gasteiger charge is 2.21. The lowest BCUT2D eigenvalue weighted by atomic mass is 10.1. The molecule has 0 aliphatic rings. The Balaban J connectivity index is 2.52. The van der Waals surface area contributed by atoms with Crippen LogP contribution in [0.5, 0.6) is 0 Å². The Labute approximate surface area is 121 Å². The van der Waals surface area contributed by atoms with Crippen LogP contribution in [0.25, 0.3) is 11.4 Å². The van der Waals surface area contributed by atoms with Gasteiger partial charge in [0.05, 0.1) is 24.8 Å². The second-order valence-corrected chi connectivity index (χ2v) is 5.64. The lowest BCUT2D eigenvalue weighted by Gasteiger charge is -2.08. The van der Waals surface area contributed by atoms with Crippen LogP contribution in [0, 0.1) is 11.3 Å². The van der Waals surface area contributed by atoms with E-state index in [-0.39, 0.29) is 18.3 Å². The highest BCUT2D eigenvalue weighted by Crippen LogP contribution is 2.20. The molecule has 0 radical (unpaired) electrons. The molecule has 0 aliphatic heterocycles. The van der Waals surface area contributed by atoms with Gasteiger partial charge in [0.25, 0.3) is 15.2 Å². The van der Waals surface area contributed by atoms with Gasteiger partial charge in [0.1, 0.15) is 0 Å². The van der Waals surface area contributed by atoms with E-state index < -0.39 is 10.0 Å². The first-order valence-electron chi connectivity index (χ1n) is 5.93. The molecule has 0 spiro atoms. The number of methoxy groups -OCH3 is 1. The molecule has 0 saturated heterocycles. The molecule has 21 heavy (non-hydrogen) atoms. The molecule has 1 aromatic heterocycles. The summed E-state index contributed by atoms with van der Waals surface area (Å²) in [6.45, 7) is 0.522. The minimum Gasteiger partial charge on any atom is -0.383 e. The normalized spacial score (nSPS) is 11.3. The standard InChI is InChI=1S/C12H13N5O3S/c1-20-7-6-17-11(15-16-12(17)21(14,18)19)10-4-2-9(8-13)3-5-10/h2-5H,6-7H2,1H3,(H2,14,18,19). The number of nitrogens with zero attached hydrogens (tertiary/aromatic N) is 4. The summed E-state index contributed by atoms with van der Waals surface area (Å²) in [6, 6.07) is 8.56. The second-order valence-electron chi connectivity index (χ2n) is 4.18. The van der Waals surface area contributed by atoms with E-state index in [9.17, 15) is 8.42 Å². The van der Waals surface area contributed by atoms with Crippen molar-refractivity contribution in [1.82, 2.24) is 14.8 Å². The molecule has 0 aliphatic carbocycles. The number of benzene rings is 1. The van der Waals surface area contributed by atoms with Crippen molar-refractivity contribution in [3.05, 3.63) is 29.8 Å². The average Bonchev–Trinajstić information content (AvgIpc) is 2.89. The molecular formula is C12H13N5O3S. The molecule has 2 N–H and O–H groups in total. The first-order valence-corrected chi connectivity index (χ1v) is 7.47. The maximum atomic E-state index is 11.5. The van der Waals surface area contributed by atoms with E-state index in [2.05, 4.69) is 10.2 Å². The number of nitriles is 1. The van der Waals surface area contributed by atoms with Crippen molar-refractivity contribution in [1.29, 1.82) is 5.26 Å². The van der Waals surface area contributed by atoms with Crippen LogP contribution in [0.4, 0.5) is 0 Å². The summed E-state index contributed by atoms with van der Waals surface area (Å²) < 4.78 is 29.4. The van der Waals surface area contributed by atoms with Crippen LogP contribution in [0.2, 0.25) is 0 Å². The molecule has 9 heteroatoms. The number of primary sulfonamides is 1. The first-order chi connectivity index (χ1) is 9.97. The van der Waals surface area contributed by atoms with Gasteiger partial charge in [-0.05, 0) is 24.3 Å². The molecule has 0 saturated carbocycles.